The van der Waals surface area contributed by atoms with E-state index in [1.165, 1.54) is 0 Å². The van der Waals surface area contributed by atoms with Gasteiger partial charge in [0.1, 0.15) is 0 Å². The van der Waals surface area contributed by atoms with Crippen LogP contribution in [0.3, 0.4) is 0 Å². The number of benzene rings is 1. The molecule has 0 radical (unpaired) electrons. The molecule has 0 aliphatic carbocycles. The van der Waals surface area contributed by atoms with Crippen LogP contribution >= 0.6 is 24.0 Å². The molecule has 0 aliphatic heterocycles. The zero-order valence-electron chi connectivity index (χ0n) is 16.4. The zero-order chi connectivity index (χ0) is 18.5. The minimum atomic E-state index is 0. The molecule has 0 unspecified atom stereocenters. The molecular formula is C19H33IN4O2. The normalized spacial score (nSPS) is 10.8. The van der Waals surface area contributed by atoms with E-state index in [9.17, 15) is 4.79 Å². The van der Waals surface area contributed by atoms with E-state index < -0.39 is 0 Å². The van der Waals surface area contributed by atoms with Gasteiger partial charge in [0.2, 0.25) is 5.91 Å². The maximum absolute atomic E-state index is 12.2. The number of aliphatic imine (C=N–C) groups is 1. The Labute approximate surface area is 175 Å². The Balaban J connectivity index is 0.00000625. The summed E-state index contributed by atoms with van der Waals surface area (Å²) >= 11 is 0. The van der Waals surface area contributed by atoms with Crippen molar-refractivity contribution in [2.45, 2.75) is 27.4 Å². The maximum Gasteiger partial charge on any atom is 0.242 e. The molecule has 1 aromatic carbocycles. The van der Waals surface area contributed by atoms with E-state index in [4.69, 9.17) is 4.74 Å². The van der Waals surface area contributed by atoms with Gasteiger partial charge in [0, 0.05) is 26.7 Å². The molecule has 1 aromatic rings. The van der Waals surface area contributed by atoms with Gasteiger partial charge in [-0.25, -0.2) is 0 Å². The molecule has 0 atom stereocenters. The highest BCUT2D eigenvalue weighted by Gasteiger charge is 2.14. The first-order valence-electron chi connectivity index (χ1n) is 9.01. The lowest BCUT2D eigenvalue weighted by molar-refractivity contribution is -0.131. The summed E-state index contributed by atoms with van der Waals surface area (Å²) in [5.41, 5.74) is 1.15. The molecule has 0 bridgehead atoms. The quantitative estimate of drug-likeness (QED) is 0.244. The highest BCUT2D eigenvalue weighted by Crippen LogP contribution is 2.00. The van der Waals surface area contributed by atoms with E-state index in [0.717, 1.165) is 31.2 Å². The van der Waals surface area contributed by atoms with Gasteiger partial charge in [0.05, 0.1) is 26.3 Å². The van der Waals surface area contributed by atoms with E-state index in [0.29, 0.717) is 26.3 Å². The van der Waals surface area contributed by atoms with Gasteiger partial charge in [-0.05, 0) is 26.3 Å². The van der Waals surface area contributed by atoms with Crippen molar-refractivity contribution in [1.29, 1.82) is 0 Å². The topological polar surface area (TPSA) is 57.2 Å². The second-order valence-electron chi connectivity index (χ2n) is 5.70. The third-order valence-electron chi connectivity index (χ3n) is 3.79. The molecule has 1 N–H and O–H groups in total. The predicted octanol–water partition coefficient (Wildman–Crippen LogP) is 2.59. The molecule has 7 heteroatoms. The monoisotopic (exact) mass is 476 g/mol. The van der Waals surface area contributed by atoms with E-state index in [1.54, 1.807) is 0 Å². The van der Waals surface area contributed by atoms with Crippen LogP contribution in [0.4, 0.5) is 0 Å². The summed E-state index contributed by atoms with van der Waals surface area (Å²) in [5.74, 6) is 0.838. The van der Waals surface area contributed by atoms with Crippen LogP contribution < -0.4 is 5.32 Å². The summed E-state index contributed by atoms with van der Waals surface area (Å²) in [6.07, 6.45) is 0. The third-order valence-corrected chi connectivity index (χ3v) is 3.79. The van der Waals surface area contributed by atoms with Crippen molar-refractivity contribution in [2.75, 3.05) is 46.4 Å². The molecule has 1 rings (SSSR count). The lowest BCUT2D eigenvalue weighted by Crippen LogP contribution is -2.45. The van der Waals surface area contributed by atoms with Gasteiger partial charge in [-0.3, -0.25) is 9.79 Å². The molecule has 0 aliphatic rings. The fourth-order valence-electron chi connectivity index (χ4n) is 2.40. The average molecular weight is 476 g/mol. The average Bonchev–Trinajstić information content (AvgIpc) is 2.62. The fraction of sp³-hybridized carbons (Fsp3) is 0.579. The molecule has 148 valence electrons. The Hall–Kier alpha value is -1.35. The van der Waals surface area contributed by atoms with Gasteiger partial charge in [-0.1, -0.05) is 30.3 Å². The molecule has 0 saturated carbocycles. The number of rotatable bonds is 10. The number of halogens is 1. The van der Waals surface area contributed by atoms with Crippen molar-refractivity contribution in [1.82, 2.24) is 15.1 Å². The van der Waals surface area contributed by atoms with Crippen LogP contribution in [-0.2, 0) is 16.1 Å². The number of nitrogens with zero attached hydrogens (tertiary/aromatic N) is 3. The van der Waals surface area contributed by atoms with Crippen molar-refractivity contribution in [3.05, 3.63) is 35.9 Å². The van der Waals surface area contributed by atoms with E-state index >= 15 is 0 Å². The van der Waals surface area contributed by atoms with Crippen molar-refractivity contribution in [3.8, 4) is 0 Å². The van der Waals surface area contributed by atoms with E-state index in [2.05, 4.69) is 10.3 Å². The molecule has 0 saturated heterocycles. The molecule has 0 heterocycles. The number of ether oxygens (including phenoxy) is 1. The second kappa shape index (κ2) is 14.8. The van der Waals surface area contributed by atoms with Crippen LogP contribution in [0, 0.1) is 0 Å². The number of likely N-dealkylation sites (N-methyl/N-ethyl adjacent to an activating group) is 2. The second-order valence-corrected chi connectivity index (χ2v) is 5.70. The minimum absolute atomic E-state index is 0. The molecule has 6 nitrogen and oxygen atoms in total. The maximum atomic E-state index is 12.2. The Morgan fingerprint density at radius 1 is 1.15 bits per heavy atom. The van der Waals surface area contributed by atoms with Gasteiger partial charge < -0.3 is 19.9 Å². The Kier molecular flexibility index (Phi) is 14.0. The minimum Gasteiger partial charge on any atom is -0.375 e. The standard InChI is InChI=1S/C19H32N4O2.HI/c1-5-20-19(22(4)15-18(24)23(6-2)7-3)21-13-14-25-16-17-11-9-8-10-12-17;/h8-12H,5-7,13-16H2,1-4H3,(H,20,21);1H. The first-order chi connectivity index (χ1) is 12.1. The lowest BCUT2D eigenvalue weighted by Gasteiger charge is -2.25. The van der Waals surface area contributed by atoms with Crippen LogP contribution in [0.15, 0.2) is 35.3 Å². The van der Waals surface area contributed by atoms with Gasteiger partial charge in [0.15, 0.2) is 5.96 Å². The summed E-state index contributed by atoms with van der Waals surface area (Å²) < 4.78 is 5.65. The summed E-state index contributed by atoms with van der Waals surface area (Å²) in [7, 11) is 1.88. The van der Waals surface area contributed by atoms with Crippen LogP contribution in [0.25, 0.3) is 0 Å². The Bertz CT molecular complexity index is 522. The number of hydrogen-bond acceptors (Lipinski definition) is 3. The largest absolute Gasteiger partial charge is 0.375 e. The van der Waals surface area contributed by atoms with Crippen LogP contribution in [0.2, 0.25) is 0 Å². The smallest absolute Gasteiger partial charge is 0.242 e. The van der Waals surface area contributed by atoms with Crippen LogP contribution in [0.1, 0.15) is 26.3 Å². The number of amides is 1. The first kappa shape index (κ1) is 24.7. The number of hydrogen-bond donors (Lipinski definition) is 1. The van der Waals surface area contributed by atoms with Crippen LogP contribution in [-0.4, -0.2) is 68.0 Å². The van der Waals surface area contributed by atoms with Crippen molar-refractivity contribution >= 4 is 35.8 Å². The Morgan fingerprint density at radius 2 is 1.81 bits per heavy atom. The molecule has 0 aromatic heterocycles. The summed E-state index contributed by atoms with van der Waals surface area (Å²) in [6.45, 7) is 10.2. The molecule has 1 amide bonds. The van der Waals surface area contributed by atoms with Crippen molar-refractivity contribution in [2.24, 2.45) is 4.99 Å². The fourth-order valence-corrected chi connectivity index (χ4v) is 2.40. The molecule has 0 fully saturated rings. The van der Waals surface area contributed by atoms with E-state index in [-0.39, 0.29) is 29.9 Å². The molecule has 26 heavy (non-hydrogen) atoms. The van der Waals surface area contributed by atoms with E-state index in [1.807, 2.05) is 68.0 Å². The third kappa shape index (κ3) is 9.38. The SMILES string of the molecule is CCNC(=NCCOCc1ccccc1)N(C)CC(=O)N(CC)CC.I. The van der Waals surface area contributed by atoms with Crippen molar-refractivity contribution < 1.29 is 9.53 Å². The summed E-state index contributed by atoms with van der Waals surface area (Å²) in [4.78, 5) is 20.5. The molecule has 0 spiro atoms. The lowest BCUT2D eigenvalue weighted by atomic mass is 10.2. The highest BCUT2D eigenvalue weighted by atomic mass is 127. The summed E-state index contributed by atoms with van der Waals surface area (Å²) in [6, 6.07) is 10.1. The van der Waals surface area contributed by atoms with Crippen molar-refractivity contribution in [3.63, 3.8) is 0 Å². The highest BCUT2D eigenvalue weighted by molar-refractivity contribution is 14.0. The molecular weight excluding hydrogens is 443 g/mol. The zero-order valence-corrected chi connectivity index (χ0v) is 18.7. The number of carbonyl (C=O) groups excluding carboxylic acids is 1. The number of carbonyl (C=O) groups is 1. The van der Waals surface area contributed by atoms with Crippen LogP contribution in [0.5, 0.6) is 0 Å². The Morgan fingerprint density at radius 3 is 2.38 bits per heavy atom. The van der Waals surface area contributed by atoms with Gasteiger partial charge in [-0.15, -0.1) is 24.0 Å². The van der Waals surface area contributed by atoms with Gasteiger partial charge >= 0.3 is 0 Å². The first-order valence-corrected chi connectivity index (χ1v) is 9.01. The number of nitrogens with one attached hydrogen (secondary N) is 1. The predicted molar refractivity (Wildman–Crippen MR) is 118 cm³/mol. The summed E-state index contributed by atoms with van der Waals surface area (Å²) in [5, 5.41) is 3.22. The number of guanidine groups is 1. The van der Waals surface area contributed by atoms with Gasteiger partial charge in [-0.2, -0.15) is 0 Å². The van der Waals surface area contributed by atoms with Gasteiger partial charge in [0.25, 0.3) is 0 Å².